The van der Waals surface area contributed by atoms with Gasteiger partial charge in [0.25, 0.3) is 11.5 Å². The third kappa shape index (κ3) is 5.35. The van der Waals surface area contributed by atoms with Gasteiger partial charge in [-0.3, -0.25) is 9.59 Å². The Kier molecular flexibility index (Phi) is 6.64. The zero-order valence-corrected chi connectivity index (χ0v) is 18.2. The highest BCUT2D eigenvalue weighted by molar-refractivity contribution is 5.95. The van der Waals surface area contributed by atoms with Gasteiger partial charge in [-0.1, -0.05) is 19.4 Å². The zero-order chi connectivity index (χ0) is 23.2. The van der Waals surface area contributed by atoms with Crippen LogP contribution in [0.3, 0.4) is 0 Å². The molecule has 0 atom stereocenters. The molecule has 4 rings (SSSR count). The molecule has 3 aromatic rings. The predicted octanol–water partition coefficient (Wildman–Crippen LogP) is 3.38. The molecule has 0 radical (unpaired) electrons. The van der Waals surface area contributed by atoms with Crippen LogP contribution in [0.5, 0.6) is 0 Å². The Morgan fingerprint density at radius 1 is 1.09 bits per heavy atom. The van der Waals surface area contributed by atoms with Gasteiger partial charge >= 0.3 is 0 Å². The molecule has 0 bridgehead atoms. The van der Waals surface area contributed by atoms with Crippen LogP contribution in [0.2, 0.25) is 0 Å². The number of hydrogen-bond acceptors (Lipinski definition) is 6. The van der Waals surface area contributed by atoms with Gasteiger partial charge in [-0.05, 0) is 54.8 Å². The number of aromatic nitrogens is 3. The number of carbonyl (C=O) groups excluding carboxylic acids is 1. The maximum atomic E-state index is 12.6. The molecule has 1 fully saturated rings. The first kappa shape index (κ1) is 22.0. The number of anilines is 1. The van der Waals surface area contributed by atoms with E-state index in [1.54, 1.807) is 55.0 Å². The summed E-state index contributed by atoms with van der Waals surface area (Å²) < 4.78 is 0. The maximum absolute atomic E-state index is 12.6. The molecule has 1 amide bonds. The molecule has 0 unspecified atom stereocenters. The number of carbonyl (C=O) groups is 1. The SMILES string of the molecule is C=C(Nc1ccc(C(=O)NC2CCCC2)cc1)c1c(/C=C(\N)c2cncnc2)cc[nH]c1=O. The van der Waals surface area contributed by atoms with Gasteiger partial charge in [0.2, 0.25) is 0 Å². The van der Waals surface area contributed by atoms with E-state index in [1.165, 1.54) is 6.33 Å². The number of aromatic amines is 1. The van der Waals surface area contributed by atoms with Crippen LogP contribution in [0.15, 0.2) is 66.6 Å². The number of pyridine rings is 1. The van der Waals surface area contributed by atoms with Crippen molar-refractivity contribution in [3.8, 4) is 0 Å². The van der Waals surface area contributed by atoms with Gasteiger partial charge in [0, 0.05) is 52.8 Å². The fourth-order valence-electron chi connectivity index (χ4n) is 3.90. The van der Waals surface area contributed by atoms with E-state index in [1.807, 2.05) is 0 Å². The second-order valence-corrected chi connectivity index (χ2v) is 8.00. The average Bonchev–Trinajstić information content (AvgIpc) is 3.33. The summed E-state index contributed by atoms with van der Waals surface area (Å²) in [5, 5.41) is 6.23. The van der Waals surface area contributed by atoms with Crippen molar-refractivity contribution in [2.75, 3.05) is 5.32 Å². The fourth-order valence-corrected chi connectivity index (χ4v) is 3.90. The van der Waals surface area contributed by atoms with Crippen LogP contribution in [0.4, 0.5) is 5.69 Å². The van der Waals surface area contributed by atoms with Crippen molar-refractivity contribution >= 4 is 29.1 Å². The highest BCUT2D eigenvalue weighted by atomic mass is 16.1. The lowest BCUT2D eigenvalue weighted by Crippen LogP contribution is -2.32. The van der Waals surface area contributed by atoms with Crippen molar-refractivity contribution in [3.05, 3.63) is 94.4 Å². The minimum Gasteiger partial charge on any atom is -0.398 e. The number of nitrogens with one attached hydrogen (secondary N) is 3. The van der Waals surface area contributed by atoms with E-state index in [2.05, 4.69) is 32.2 Å². The van der Waals surface area contributed by atoms with Crippen LogP contribution in [0.1, 0.15) is 52.7 Å². The molecule has 0 aliphatic heterocycles. The number of nitrogens with zero attached hydrogens (tertiary/aromatic N) is 2. The molecule has 1 aliphatic rings. The van der Waals surface area contributed by atoms with Gasteiger partial charge in [0.15, 0.2) is 0 Å². The molecule has 33 heavy (non-hydrogen) atoms. The van der Waals surface area contributed by atoms with Gasteiger partial charge < -0.3 is 21.4 Å². The number of H-pyrrole nitrogens is 1. The minimum atomic E-state index is -0.300. The molecule has 5 N–H and O–H groups in total. The van der Waals surface area contributed by atoms with Crippen molar-refractivity contribution in [2.45, 2.75) is 31.7 Å². The molecule has 0 saturated heterocycles. The summed E-state index contributed by atoms with van der Waals surface area (Å²) in [5.74, 6) is -0.0698. The minimum absolute atomic E-state index is 0.0698. The smallest absolute Gasteiger partial charge is 0.257 e. The average molecular weight is 443 g/mol. The van der Waals surface area contributed by atoms with Crippen LogP contribution in [-0.4, -0.2) is 26.9 Å². The molecule has 8 heteroatoms. The quantitative estimate of drug-likeness (QED) is 0.444. The lowest BCUT2D eigenvalue weighted by molar-refractivity contribution is 0.0938. The summed E-state index contributed by atoms with van der Waals surface area (Å²) in [7, 11) is 0. The van der Waals surface area contributed by atoms with Crippen LogP contribution in [0, 0.1) is 0 Å². The number of hydrogen-bond donors (Lipinski definition) is 4. The van der Waals surface area contributed by atoms with Crippen molar-refractivity contribution in [1.29, 1.82) is 0 Å². The summed E-state index contributed by atoms with van der Waals surface area (Å²) in [6.45, 7) is 4.04. The van der Waals surface area contributed by atoms with Crippen molar-refractivity contribution in [2.24, 2.45) is 5.73 Å². The van der Waals surface area contributed by atoms with Gasteiger partial charge in [0.1, 0.15) is 6.33 Å². The summed E-state index contributed by atoms with van der Waals surface area (Å²) in [5.41, 5.74) is 9.63. The van der Waals surface area contributed by atoms with Crippen LogP contribution >= 0.6 is 0 Å². The van der Waals surface area contributed by atoms with Gasteiger partial charge in [-0.2, -0.15) is 0 Å². The highest BCUT2D eigenvalue weighted by Gasteiger charge is 2.18. The second kappa shape index (κ2) is 9.95. The molecule has 1 aromatic carbocycles. The van der Waals surface area contributed by atoms with Gasteiger partial charge in [-0.15, -0.1) is 0 Å². The summed E-state index contributed by atoms with van der Waals surface area (Å²) in [6.07, 6.45) is 12.3. The molecule has 2 aromatic heterocycles. The monoisotopic (exact) mass is 442 g/mol. The zero-order valence-electron chi connectivity index (χ0n) is 18.2. The molecule has 1 aliphatic carbocycles. The van der Waals surface area contributed by atoms with Gasteiger partial charge in [-0.25, -0.2) is 9.97 Å². The van der Waals surface area contributed by atoms with Gasteiger partial charge in [0.05, 0.1) is 5.56 Å². The third-order valence-corrected chi connectivity index (χ3v) is 5.63. The molecule has 168 valence electrons. The Labute approximate surface area is 191 Å². The van der Waals surface area contributed by atoms with Crippen LogP contribution < -0.4 is 21.9 Å². The van der Waals surface area contributed by atoms with Crippen molar-refractivity contribution < 1.29 is 4.79 Å². The normalized spacial score (nSPS) is 14.1. The summed E-state index contributed by atoms with van der Waals surface area (Å²) in [6, 6.07) is 9.10. The summed E-state index contributed by atoms with van der Waals surface area (Å²) >= 11 is 0. The van der Waals surface area contributed by atoms with E-state index < -0.39 is 0 Å². The van der Waals surface area contributed by atoms with E-state index in [9.17, 15) is 9.59 Å². The Hall–Kier alpha value is -4.20. The highest BCUT2D eigenvalue weighted by Crippen LogP contribution is 2.22. The molecule has 2 heterocycles. The Morgan fingerprint density at radius 3 is 2.48 bits per heavy atom. The fraction of sp³-hybridized carbons (Fsp3) is 0.200. The number of rotatable bonds is 7. The lowest BCUT2D eigenvalue weighted by atomic mass is 10.0. The van der Waals surface area contributed by atoms with Crippen LogP contribution in [-0.2, 0) is 0 Å². The molecule has 1 saturated carbocycles. The largest absolute Gasteiger partial charge is 0.398 e. The predicted molar refractivity (Wildman–Crippen MR) is 130 cm³/mol. The Bertz CT molecular complexity index is 1230. The van der Waals surface area contributed by atoms with E-state index >= 15 is 0 Å². The van der Waals surface area contributed by atoms with E-state index in [4.69, 9.17) is 5.73 Å². The summed E-state index contributed by atoms with van der Waals surface area (Å²) in [4.78, 5) is 35.6. The Balaban J connectivity index is 1.50. The standard InChI is InChI=1S/C25H26N6O2/c1-16(30-21-8-6-17(7-9-21)24(32)31-20-4-2-3-5-20)23-18(10-11-29-25(23)33)12-22(26)19-13-27-15-28-14-19/h6-15,20,30H,1-5,26H2,(H,29,33)(H,31,32)/b22-12-. The van der Waals surface area contributed by atoms with Crippen molar-refractivity contribution in [1.82, 2.24) is 20.3 Å². The second-order valence-electron chi connectivity index (χ2n) is 8.00. The van der Waals surface area contributed by atoms with Crippen molar-refractivity contribution in [3.63, 3.8) is 0 Å². The lowest BCUT2D eigenvalue weighted by Gasteiger charge is -2.14. The third-order valence-electron chi connectivity index (χ3n) is 5.63. The first-order valence-electron chi connectivity index (χ1n) is 10.8. The topological polar surface area (TPSA) is 126 Å². The first-order valence-corrected chi connectivity index (χ1v) is 10.8. The number of nitrogens with two attached hydrogens (primary N) is 1. The van der Waals surface area contributed by atoms with E-state index in [0.717, 1.165) is 25.7 Å². The van der Waals surface area contributed by atoms with E-state index in [-0.39, 0.29) is 17.5 Å². The van der Waals surface area contributed by atoms with Crippen LogP contribution in [0.25, 0.3) is 17.5 Å². The number of amides is 1. The molecular formula is C25H26N6O2. The molecular weight excluding hydrogens is 416 g/mol. The number of benzene rings is 1. The van der Waals surface area contributed by atoms with E-state index in [0.29, 0.717) is 39.3 Å². The first-order chi connectivity index (χ1) is 16.0. The molecule has 0 spiro atoms. The maximum Gasteiger partial charge on any atom is 0.257 e. The molecule has 8 nitrogen and oxygen atoms in total. The Morgan fingerprint density at radius 2 is 1.79 bits per heavy atom.